The molecule has 0 radical (unpaired) electrons. The molecule has 22 heteroatoms. The van der Waals surface area contributed by atoms with Gasteiger partial charge in [-0.3, -0.25) is 0 Å². The lowest BCUT2D eigenvalue weighted by Crippen LogP contribution is -2.29. The zero-order valence-corrected chi connectivity index (χ0v) is 98.6. The van der Waals surface area contributed by atoms with E-state index in [9.17, 15) is 10.2 Å². The van der Waals surface area contributed by atoms with Crippen LogP contribution in [0.25, 0.3) is 24.3 Å². The molecule has 9 aromatic carbocycles. The van der Waals surface area contributed by atoms with Crippen molar-refractivity contribution in [2.24, 2.45) is 0 Å². The summed E-state index contributed by atoms with van der Waals surface area (Å²) < 4.78 is 22.4. The van der Waals surface area contributed by atoms with Crippen LogP contribution >= 0.6 is 141 Å². The molecule has 0 aromatic heterocycles. The van der Waals surface area contributed by atoms with Gasteiger partial charge in [-0.1, -0.05) is 155 Å². The predicted molar refractivity (Wildman–Crippen MR) is 662 cm³/mol. The number of thioether (sulfide) groups is 12. The van der Waals surface area contributed by atoms with E-state index < -0.39 is 0 Å². The zero-order chi connectivity index (χ0) is 102. The molecule has 0 fully saturated rings. The zero-order valence-electron chi connectivity index (χ0n) is 88.8. The van der Waals surface area contributed by atoms with Gasteiger partial charge in [0.15, 0.2) is 5.71 Å². The summed E-state index contributed by atoms with van der Waals surface area (Å²) in [7, 11) is 0. The summed E-state index contributed by atoms with van der Waals surface area (Å²) >= 11 is 24.7. The van der Waals surface area contributed by atoms with Crippen LogP contribution in [0.4, 0.5) is 28.4 Å². The van der Waals surface area contributed by atoms with Crippen molar-refractivity contribution in [2.75, 3.05) is 210 Å². The maximum Gasteiger partial charge on any atom is 0.209 e. The van der Waals surface area contributed by atoms with Crippen LogP contribution in [0.15, 0.2) is 217 Å². The number of aryl methyl sites for hydroxylation is 2. The average molecular weight is 2160 g/mol. The lowest BCUT2D eigenvalue weighted by atomic mass is 9.81. The third-order valence-electron chi connectivity index (χ3n) is 26.9. The molecule has 0 amide bonds. The average Bonchev–Trinajstić information content (AvgIpc) is 1.60. The fourth-order valence-electron chi connectivity index (χ4n) is 19.2. The molecule has 9 aromatic rings. The SMILES string of the molecule is C=c1ccc2c(c1)Oc1cc(O)ccc1C=2c1ccc(N(CCSCCSCC)CCSCCSCC)cc1C.C=c1ccc2c(c1C)Oc1c(ccc(O)c1C)C=2c1ccc(N(CCSCCSCC)CCSCCSCC)cc1C.CCCN1C(=CC=C2CCCC(C=CC3=[N+](CCC)c4ccccc4C3(C)C)=C2Oc2ccc(N(CCSCCSCC)CCSCCSCC)cc2)C(C)(C)c2ccccc21. The molecule has 0 saturated heterocycles. The molecule has 0 spiro atoms. The van der Waals surface area contributed by atoms with Gasteiger partial charge in [-0.15, -0.1) is 0 Å². The van der Waals surface area contributed by atoms with Crippen LogP contribution in [0, 0.1) is 27.7 Å². The number of aromatic hydroxyl groups is 2. The number of fused-ring (bicyclic) bond motifs is 6. The van der Waals surface area contributed by atoms with Crippen molar-refractivity contribution in [3.63, 3.8) is 0 Å². The Morgan fingerprint density at radius 2 is 0.903 bits per heavy atom. The normalized spacial score (nSPS) is 14.7. The van der Waals surface area contributed by atoms with Gasteiger partial charge >= 0.3 is 0 Å². The van der Waals surface area contributed by atoms with E-state index in [0.29, 0.717) is 5.75 Å². The Labute approximate surface area is 917 Å². The quantitative estimate of drug-likeness (QED) is 0.0280. The number of para-hydroxylation sites is 2. The van der Waals surface area contributed by atoms with Crippen molar-refractivity contribution in [1.29, 1.82) is 0 Å². The lowest BCUT2D eigenvalue weighted by Gasteiger charge is -2.27. The molecule has 0 atom stereocenters. The molecule has 0 unspecified atom stereocenters. The van der Waals surface area contributed by atoms with Gasteiger partial charge in [0.05, 0.1) is 5.41 Å². The molecule has 0 saturated carbocycles. The van der Waals surface area contributed by atoms with Gasteiger partial charge in [-0.25, -0.2) is 0 Å². The highest BCUT2D eigenvalue weighted by atomic mass is 32.2. The number of rotatable bonds is 56. The summed E-state index contributed by atoms with van der Waals surface area (Å²) in [5.74, 6) is 34.2. The van der Waals surface area contributed by atoms with E-state index in [4.69, 9.17) is 14.2 Å². The van der Waals surface area contributed by atoms with E-state index in [2.05, 4.69) is 363 Å². The number of nitrogens with zero attached hydrogens (tertiary/aromatic N) is 5. The molecule has 144 heavy (non-hydrogen) atoms. The number of hydrogen-bond acceptors (Lipinski definition) is 21. The number of ether oxygens (including phenoxy) is 3. The first kappa shape index (κ1) is 116. The lowest BCUT2D eigenvalue weighted by molar-refractivity contribution is -0.437. The largest absolute Gasteiger partial charge is 0.508 e. The van der Waals surface area contributed by atoms with Gasteiger partial charge in [-0.2, -0.15) is 146 Å². The van der Waals surface area contributed by atoms with Gasteiger partial charge in [0.2, 0.25) is 5.69 Å². The summed E-state index contributed by atoms with van der Waals surface area (Å²) in [6, 6.07) is 60.3. The van der Waals surface area contributed by atoms with Crippen LogP contribution in [0.5, 0.6) is 40.2 Å². The van der Waals surface area contributed by atoms with Crippen LogP contribution in [0.1, 0.15) is 171 Å². The fourth-order valence-corrected chi connectivity index (χ4v) is 29.9. The highest BCUT2D eigenvalue weighted by molar-refractivity contribution is 8.05. The van der Waals surface area contributed by atoms with Gasteiger partial charge in [0.25, 0.3) is 0 Å². The number of anilines is 4. The van der Waals surface area contributed by atoms with Crippen LogP contribution in [0.3, 0.4) is 0 Å². The van der Waals surface area contributed by atoms with Crippen LogP contribution in [-0.2, 0) is 10.8 Å². The summed E-state index contributed by atoms with van der Waals surface area (Å²) in [6.07, 6.45) is 14.9. The molecular formula is C122H160N5O5S12+. The summed E-state index contributed by atoms with van der Waals surface area (Å²) in [5, 5.41) is 24.6. The Morgan fingerprint density at radius 1 is 0.424 bits per heavy atom. The number of phenolic OH excluding ortho intramolecular Hbond substituents is 2. The third kappa shape index (κ3) is 31.8. The second kappa shape index (κ2) is 60.5. The fraction of sp³-hybridized carbons (Fsp3) is 0.451. The summed E-state index contributed by atoms with van der Waals surface area (Å²) in [4.78, 5) is 10.3. The monoisotopic (exact) mass is 2160 g/mol. The summed E-state index contributed by atoms with van der Waals surface area (Å²) in [5.41, 5.74) is 25.4. The van der Waals surface area contributed by atoms with E-state index in [-0.39, 0.29) is 22.3 Å². The molecule has 1 aliphatic carbocycles. The number of hydrogen-bond donors (Lipinski definition) is 2. The second-order valence-electron chi connectivity index (χ2n) is 37.4. The topological polar surface area (TPSA) is 84.1 Å². The van der Waals surface area contributed by atoms with E-state index in [0.717, 1.165) is 202 Å². The minimum absolute atomic E-state index is 0.0882. The second-order valence-corrected chi connectivity index (χ2v) is 53.2. The third-order valence-corrected chi connectivity index (χ3v) is 39.6. The Morgan fingerprint density at radius 3 is 1.42 bits per heavy atom. The summed E-state index contributed by atoms with van der Waals surface area (Å²) in [6.45, 7) is 52.7. The van der Waals surface area contributed by atoms with Gasteiger partial charge in [0.1, 0.15) is 52.6 Å². The van der Waals surface area contributed by atoms with E-state index in [1.54, 1.807) is 18.2 Å². The first-order chi connectivity index (χ1) is 70.0. The van der Waals surface area contributed by atoms with E-state index in [1.807, 2.05) is 102 Å². The van der Waals surface area contributed by atoms with Crippen molar-refractivity contribution in [1.82, 2.24) is 0 Å². The van der Waals surface area contributed by atoms with Gasteiger partial charge in [-0.05, 0) is 260 Å². The Hall–Kier alpha value is -6.51. The minimum Gasteiger partial charge on any atom is -0.508 e. The molecule has 2 N–H and O–H groups in total. The van der Waals surface area contributed by atoms with Crippen LogP contribution in [-0.4, -0.2) is 211 Å². The van der Waals surface area contributed by atoms with Gasteiger partial charge in [0, 0.05) is 252 Å². The Bertz CT molecular complexity index is 6030. The maximum atomic E-state index is 10.5. The predicted octanol–water partition coefficient (Wildman–Crippen LogP) is 29.4. The van der Waals surface area contributed by atoms with Gasteiger partial charge < -0.3 is 44.0 Å². The smallest absolute Gasteiger partial charge is 0.209 e. The highest BCUT2D eigenvalue weighted by Gasteiger charge is 2.45. The standard InChI is InChI=1S/C54H74N3OS4.C35H45NO2S4.C33H41NO2S4/c1-9-32-56-48-22-15-13-20-46(48)53(5,6)50(56)30-24-42-18-17-19-43(25-31-51-54(7,8)47-21-14-16-23-49(47)57(51)33-10-2)52(42)58-45-28-26-44(27-29-45)55(34-36-61-40-38-59-11-3)35-37-62-41-39-60-12-4;1-7-39-19-21-41-17-15-36(16-18-42-22-20-40-8-2)28-10-12-29(25(4)23-28)33-30-11-9-24(3)26(5)34(30)38-35-27(6)32(37)14-13-31(33)35;1-5-37-17-19-39-15-13-34(14-16-40-20-18-38-6-2)26-8-11-28(25(4)22-26)33-29-10-7-24(3)21-31(29)36-32-23-27(35)9-12-30(32)33/h13-16,20-31H,9-12,17-19,32-41H2,1-8H3;9-14,23,37H,3,7-8,15-22H2,1-2,4-6H3;7-12,21-23,35H,3,5-6,13-20H2,1-2,4H3/q+1;;. The number of allylic oxidation sites excluding steroid dienone is 7. The van der Waals surface area contributed by atoms with E-state index in [1.165, 1.54) is 188 Å². The Kier molecular flexibility index (Phi) is 48.8. The molecule has 4 heterocycles. The molecule has 4 aliphatic heterocycles. The van der Waals surface area contributed by atoms with Crippen molar-refractivity contribution >= 4 is 200 Å². The Balaban J connectivity index is 0.000000199. The molecule has 14 rings (SSSR count). The highest BCUT2D eigenvalue weighted by Crippen LogP contribution is 2.50. The van der Waals surface area contributed by atoms with Crippen molar-refractivity contribution in [3.8, 4) is 40.2 Å². The molecule has 5 aliphatic rings. The van der Waals surface area contributed by atoms with Crippen LogP contribution < -0.4 is 54.7 Å². The molecule has 10 nitrogen and oxygen atoms in total. The molecule has 774 valence electrons. The number of phenols is 2. The first-order valence-corrected chi connectivity index (χ1v) is 66.2. The van der Waals surface area contributed by atoms with E-state index >= 15 is 0 Å². The minimum atomic E-state index is -0.0882. The van der Waals surface area contributed by atoms with Crippen molar-refractivity contribution in [2.45, 2.75) is 154 Å². The molecule has 0 bridgehead atoms. The van der Waals surface area contributed by atoms with Crippen LogP contribution in [0.2, 0.25) is 0 Å². The first-order valence-electron chi connectivity index (χ1n) is 52.3. The molecular weight excluding hydrogens is 2000 g/mol. The van der Waals surface area contributed by atoms with Crippen molar-refractivity contribution < 1.29 is 29.0 Å². The number of benzene rings is 9. The van der Waals surface area contributed by atoms with Crippen molar-refractivity contribution in [3.05, 3.63) is 293 Å². The maximum absolute atomic E-state index is 10.5.